The minimum Gasteiger partial charge on any atom is -0.316 e. The SMILES string of the molecule is CC[Si](CC)(CC)CNCC(C)=C(C)[SiH3]. The lowest BCUT2D eigenvalue weighted by molar-refractivity contribution is 0.815. The van der Waals surface area contributed by atoms with E-state index in [1.807, 2.05) is 0 Å². The van der Waals surface area contributed by atoms with Crippen LogP contribution in [0.4, 0.5) is 0 Å². The second kappa shape index (κ2) is 7.41. The third-order valence-electron chi connectivity index (χ3n) is 3.99. The standard InChI is InChI=1S/C12H29NSi2/c1-6-15(7-2,8-3)10-13-9-11(4)12(5)14/h13H,6-10H2,1-5,14H3. The molecule has 3 heteroatoms. The van der Waals surface area contributed by atoms with Crippen molar-refractivity contribution in [2.24, 2.45) is 0 Å². The van der Waals surface area contributed by atoms with Gasteiger partial charge in [-0.05, 0) is 20.0 Å². The summed E-state index contributed by atoms with van der Waals surface area (Å²) in [4.78, 5) is 0. The average Bonchev–Trinajstić information content (AvgIpc) is 2.24. The van der Waals surface area contributed by atoms with Gasteiger partial charge in [-0.2, -0.15) is 0 Å². The van der Waals surface area contributed by atoms with E-state index in [-0.39, 0.29) is 0 Å². The maximum absolute atomic E-state index is 3.69. The van der Waals surface area contributed by atoms with E-state index < -0.39 is 8.07 Å². The van der Waals surface area contributed by atoms with Crippen molar-refractivity contribution in [2.75, 3.05) is 12.7 Å². The first kappa shape index (κ1) is 15.1. The molecule has 0 atom stereocenters. The van der Waals surface area contributed by atoms with Crippen LogP contribution in [0.3, 0.4) is 0 Å². The minimum atomic E-state index is -0.941. The second-order valence-corrected chi connectivity index (χ2v) is 11.9. The molecule has 15 heavy (non-hydrogen) atoms. The molecule has 1 N–H and O–H groups in total. The Morgan fingerprint density at radius 3 is 1.87 bits per heavy atom. The van der Waals surface area contributed by atoms with Gasteiger partial charge in [0.2, 0.25) is 0 Å². The normalized spacial score (nSPS) is 14.2. The zero-order valence-corrected chi connectivity index (χ0v) is 14.5. The Labute approximate surface area is 100 Å². The number of hydrogen-bond acceptors (Lipinski definition) is 1. The highest BCUT2D eigenvalue weighted by molar-refractivity contribution is 6.79. The van der Waals surface area contributed by atoms with Crippen molar-refractivity contribution in [3.05, 3.63) is 10.8 Å². The lowest BCUT2D eigenvalue weighted by Crippen LogP contribution is -2.44. The first-order valence-electron chi connectivity index (χ1n) is 6.35. The number of hydrogen-bond donors (Lipinski definition) is 1. The van der Waals surface area contributed by atoms with Crippen LogP contribution in [0.25, 0.3) is 0 Å². The van der Waals surface area contributed by atoms with Gasteiger partial charge in [0.1, 0.15) is 0 Å². The maximum atomic E-state index is 3.69. The fourth-order valence-corrected chi connectivity index (χ4v) is 4.90. The number of rotatable bonds is 7. The zero-order valence-electron chi connectivity index (χ0n) is 11.5. The van der Waals surface area contributed by atoms with Crippen molar-refractivity contribution in [1.29, 1.82) is 0 Å². The molecule has 0 aliphatic heterocycles. The molecule has 0 fully saturated rings. The Hall–Kier alpha value is 0.134. The molecule has 0 unspecified atom stereocenters. The molecular weight excluding hydrogens is 214 g/mol. The molecular formula is C12H29NSi2. The summed E-state index contributed by atoms with van der Waals surface area (Å²) in [6.45, 7) is 12.8. The summed E-state index contributed by atoms with van der Waals surface area (Å²) >= 11 is 0. The average molecular weight is 244 g/mol. The second-order valence-electron chi connectivity index (χ2n) is 4.94. The minimum absolute atomic E-state index is 0.941. The molecule has 0 rings (SSSR count). The fourth-order valence-electron chi connectivity index (χ4n) is 1.82. The van der Waals surface area contributed by atoms with Crippen LogP contribution in [0.15, 0.2) is 10.8 Å². The van der Waals surface area contributed by atoms with Gasteiger partial charge in [0.15, 0.2) is 0 Å². The van der Waals surface area contributed by atoms with Crippen LogP contribution in [-0.4, -0.2) is 31.0 Å². The molecule has 0 aliphatic carbocycles. The summed E-state index contributed by atoms with van der Waals surface area (Å²) in [6.07, 6.45) is 1.31. The fraction of sp³-hybridized carbons (Fsp3) is 0.833. The summed E-state index contributed by atoms with van der Waals surface area (Å²) < 4.78 is 0. The molecule has 0 saturated heterocycles. The Morgan fingerprint density at radius 1 is 1.07 bits per heavy atom. The van der Waals surface area contributed by atoms with E-state index in [4.69, 9.17) is 0 Å². The molecule has 0 radical (unpaired) electrons. The monoisotopic (exact) mass is 243 g/mol. The van der Waals surface area contributed by atoms with Gasteiger partial charge in [0.25, 0.3) is 0 Å². The molecule has 0 aromatic heterocycles. The molecule has 0 aromatic rings. The van der Waals surface area contributed by atoms with Crippen molar-refractivity contribution >= 4 is 18.3 Å². The van der Waals surface area contributed by atoms with E-state index in [1.54, 1.807) is 10.8 Å². The maximum Gasteiger partial charge on any atom is 0.0679 e. The molecule has 0 aromatic carbocycles. The molecule has 0 saturated carbocycles. The van der Waals surface area contributed by atoms with E-state index in [0.29, 0.717) is 0 Å². The van der Waals surface area contributed by atoms with E-state index in [0.717, 1.165) is 6.54 Å². The molecule has 0 bridgehead atoms. The third-order valence-corrected chi connectivity index (χ3v) is 10.3. The predicted octanol–water partition coefficient (Wildman–Crippen LogP) is 2.28. The topological polar surface area (TPSA) is 12.0 Å². The van der Waals surface area contributed by atoms with Gasteiger partial charge in [0.05, 0.1) is 8.07 Å². The zero-order chi connectivity index (χ0) is 11.9. The van der Waals surface area contributed by atoms with Crippen LogP contribution in [0.2, 0.25) is 18.1 Å². The molecule has 0 spiro atoms. The molecule has 0 heterocycles. The van der Waals surface area contributed by atoms with Gasteiger partial charge in [0, 0.05) is 16.8 Å². The van der Waals surface area contributed by atoms with Crippen LogP contribution < -0.4 is 5.32 Å². The van der Waals surface area contributed by atoms with Gasteiger partial charge in [-0.1, -0.05) is 49.7 Å². The highest BCUT2D eigenvalue weighted by Crippen LogP contribution is 2.18. The quantitative estimate of drug-likeness (QED) is 0.677. The summed E-state index contributed by atoms with van der Waals surface area (Å²) in [5.74, 6) is 0. The van der Waals surface area contributed by atoms with Crippen LogP contribution >= 0.6 is 0 Å². The summed E-state index contributed by atoms with van der Waals surface area (Å²) in [6, 6.07) is 4.28. The third kappa shape index (κ3) is 5.13. The van der Waals surface area contributed by atoms with Crippen molar-refractivity contribution in [1.82, 2.24) is 5.32 Å². The van der Waals surface area contributed by atoms with Gasteiger partial charge in [-0.3, -0.25) is 0 Å². The lowest BCUT2D eigenvalue weighted by atomic mass is 10.3. The summed E-state index contributed by atoms with van der Waals surface area (Å²) in [7, 11) is 0.271. The molecule has 0 amide bonds. The van der Waals surface area contributed by atoms with Crippen molar-refractivity contribution in [3.8, 4) is 0 Å². The predicted molar refractivity (Wildman–Crippen MR) is 78.4 cm³/mol. The Kier molecular flexibility index (Phi) is 7.48. The van der Waals surface area contributed by atoms with Crippen molar-refractivity contribution in [3.63, 3.8) is 0 Å². The Morgan fingerprint density at radius 2 is 1.53 bits per heavy atom. The summed E-state index contributed by atoms with van der Waals surface area (Å²) in [5.41, 5.74) is 1.56. The number of allylic oxidation sites excluding steroid dienone is 1. The van der Waals surface area contributed by atoms with Gasteiger partial charge in [-0.25, -0.2) is 0 Å². The van der Waals surface area contributed by atoms with Crippen LogP contribution in [0, 0.1) is 0 Å². The smallest absolute Gasteiger partial charge is 0.0679 e. The Bertz CT molecular complexity index is 195. The van der Waals surface area contributed by atoms with Crippen LogP contribution in [0.1, 0.15) is 34.6 Å². The molecule has 1 nitrogen and oxygen atoms in total. The molecule has 0 aliphatic rings. The lowest BCUT2D eigenvalue weighted by Gasteiger charge is -2.28. The first-order valence-corrected chi connectivity index (χ1v) is 10.2. The highest BCUT2D eigenvalue weighted by atomic mass is 28.3. The van der Waals surface area contributed by atoms with E-state index >= 15 is 0 Å². The van der Waals surface area contributed by atoms with Crippen LogP contribution in [-0.2, 0) is 0 Å². The number of nitrogens with one attached hydrogen (secondary N) is 1. The van der Waals surface area contributed by atoms with Gasteiger partial charge in [-0.15, -0.1) is 0 Å². The Balaban J connectivity index is 4.08. The van der Waals surface area contributed by atoms with Crippen molar-refractivity contribution < 1.29 is 0 Å². The summed E-state index contributed by atoms with van der Waals surface area (Å²) in [5, 5.41) is 5.28. The van der Waals surface area contributed by atoms with E-state index in [9.17, 15) is 0 Å². The van der Waals surface area contributed by atoms with E-state index in [1.165, 1.54) is 34.5 Å². The van der Waals surface area contributed by atoms with Crippen LogP contribution in [0.5, 0.6) is 0 Å². The first-order chi connectivity index (χ1) is 7.01. The van der Waals surface area contributed by atoms with Gasteiger partial charge < -0.3 is 5.32 Å². The van der Waals surface area contributed by atoms with E-state index in [2.05, 4.69) is 39.9 Å². The van der Waals surface area contributed by atoms with Crippen molar-refractivity contribution in [2.45, 2.75) is 52.8 Å². The van der Waals surface area contributed by atoms with Gasteiger partial charge >= 0.3 is 0 Å². The molecule has 90 valence electrons. The highest BCUT2D eigenvalue weighted by Gasteiger charge is 2.25. The largest absolute Gasteiger partial charge is 0.316 e.